The van der Waals surface area contributed by atoms with Gasteiger partial charge in [0.2, 0.25) is 11.8 Å². The van der Waals surface area contributed by atoms with E-state index in [2.05, 4.69) is 5.32 Å². The van der Waals surface area contributed by atoms with Crippen molar-refractivity contribution in [3.8, 4) is 5.75 Å². The Hall–Kier alpha value is -3.66. The van der Waals surface area contributed by atoms with Crippen molar-refractivity contribution in [2.45, 2.75) is 45.6 Å². The summed E-state index contributed by atoms with van der Waals surface area (Å²) in [6.07, 6.45) is 0.0463. The number of hydrazine groups is 1. The number of benzene rings is 2. The van der Waals surface area contributed by atoms with Gasteiger partial charge in [0.15, 0.2) is 0 Å². The van der Waals surface area contributed by atoms with Crippen LogP contribution in [-0.4, -0.2) is 77.1 Å². The van der Waals surface area contributed by atoms with Gasteiger partial charge in [-0.05, 0) is 41.3 Å². The van der Waals surface area contributed by atoms with Crippen LogP contribution in [0, 0.1) is 11.7 Å². The van der Waals surface area contributed by atoms with Gasteiger partial charge < -0.3 is 19.9 Å². The zero-order chi connectivity index (χ0) is 26.7. The number of carbonyl (C=O) groups is 3. The van der Waals surface area contributed by atoms with E-state index in [-0.39, 0.29) is 43.2 Å². The van der Waals surface area contributed by atoms with Crippen LogP contribution in [0.25, 0.3) is 0 Å². The van der Waals surface area contributed by atoms with E-state index in [1.165, 1.54) is 17.1 Å². The summed E-state index contributed by atoms with van der Waals surface area (Å²) in [5.74, 6) is -0.0187. The summed E-state index contributed by atoms with van der Waals surface area (Å²) in [4.78, 5) is 43.7. The summed E-state index contributed by atoms with van der Waals surface area (Å²) in [6.45, 7) is 4.66. The van der Waals surface area contributed by atoms with E-state index in [1.54, 1.807) is 41.1 Å². The molecular formula is C27H34FN5O4. The van der Waals surface area contributed by atoms with Gasteiger partial charge in [0.25, 0.3) is 0 Å². The molecule has 198 valence electrons. The third-order valence-electron chi connectivity index (χ3n) is 7.15. The lowest BCUT2D eigenvalue weighted by Gasteiger charge is -2.55. The van der Waals surface area contributed by atoms with Crippen molar-refractivity contribution in [3.63, 3.8) is 0 Å². The van der Waals surface area contributed by atoms with Crippen molar-refractivity contribution in [2.75, 3.05) is 27.2 Å². The minimum absolute atomic E-state index is 0.0147. The summed E-state index contributed by atoms with van der Waals surface area (Å²) < 4.78 is 18.5. The quantitative estimate of drug-likeness (QED) is 0.618. The first-order chi connectivity index (χ1) is 17.7. The Bertz CT molecular complexity index is 1130. The number of nitrogens with zero attached hydrogens (tertiary/aromatic N) is 4. The fraction of sp³-hybridized carbons (Fsp3) is 0.444. The van der Waals surface area contributed by atoms with Crippen LogP contribution >= 0.6 is 0 Å². The van der Waals surface area contributed by atoms with Gasteiger partial charge in [0, 0.05) is 20.1 Å². The van der Waals surface area contributed by atoms with E-state index >= 15 is 0 Å². The fourth-order valence-corrected chi connectivity index (χ4v) is 4.95. The number of amides is 4. The van der Waals surface area contributed by atoms with Crippen LogP contribution in [0.4, 0.5) is 9.18 Å². The summed E-state index contributed by atoms with van der Waals surface area (Å²) in [7, 11) is 3.29. The molecule has 2 fully saturated rings. The number of likely N-dealkylation sites (N-methyl/N-ethyl adjacent to an activating group) is 1. The standard InChI is InChI=1S/C27H34FN5O4/c1-5-18(2)25-26(35)31(15-20-8-12-22(37-4)13-9-20)16-23-32(25)24(34)17-30(3)33(23)27(36)29-14-19-6-10-21(28)11-7-19/h6-13,18,23,25H,5,14-17H2,1-4H3,(H,29,36)/t18?,23-,25-/m0/s1. The van der Waals surface area contributed by atoms with Gasteiger partial charge in [0.1, 0.15) is 23.8 Å². The molecule has 1 unspecified atom stereocenters. The second kappa shape index (κ2) is 11.2. The van der Waals surface area contributed by atoms with E-state index in [0.717, 1.165) is 16.9 Å². The molecule has 2 aromatic carbocycles. The highest BCUT2D eigenvalue weighted by atomic mass is 19.1. The number of methoxy groups -OCH3 is 1. The lowest BCUT2D eigenvalue weighted by Crippen LogP contribution is -2.76. The Balaban J connectivity index is 1.60. The molecule has 0 aliphatic carbocycles. The minimum Gasteiger partial charge on any atom is -0.497 e. The normalized spacial score (nSPS) is 21.1. The van der Waals surface area contributed by atoms with E-state index in [4.69, 9.17) is 4.74 Å². The Labute approximate surface area is 216 Å². The molecule has 2 saturated heterocycles. The molecule has 0 radical (unpaired) electrons. The van der Waals surface area contributed by atoms with Crippen LogP contribution in [0.15, 0.2) is 48.5 Å². The SMILES string of the molecule is CCC(C)[C@H]1C(=O)N(Cc2ccc(OC)cc2)C[C@H]2N1C(=O)CN(C)N2C(=O)NCc1ccc(F)cc1. The van der Waals surface area contributed by atoms with Crippen molar-refractivity contribution in [1.82, 2.24) is 25.1 Å². The first kappa shape index (κ1) is 26.4. The maximum atomic E-state index is 13.7. The summed E-state index contributed by atoms with van der Waals surface area (Å²) in [6, 6.07) is 12.3. The zero-order valence-corrected chi connectivity index (χ0v) is 21.7. The lowest BCUT2D eigenvalue weighted by molar-refractivity contribution is -0.190. The van der Waals surface area contributed by atoms with Crippen molar-refractivity contribution < 1.29 is 23.5 Å². The molecule has 0 spiro atoms. The molecule has 2 aromatic rings. The summed E-state index contributed by atoms with van der Waals surface area (Å²) in [5, 5.41) is 6.00. The van der Waals surface area contributed by atoms with Gasteiger partial charge in [-0.1, -0.05) is 44.5 Å². The maximum absolute atomic E-state index is 13.7. The first-order valence-electron chi connectivity index (χ1n) is 12.5. The van der Waals surface area contributed by atoms with Crippen LogP contribution in [-0.2, 0) is 22.7 Å². The Kier molecular flexibility index (Phi) is 7.97. The number of fused-ring (bicyclic) bond motifs is 1. The predicted molar refractivity (Wildman–Crippen MR) is 135 cm³/mol. The highest BCUT2D eigenvalue weighted by molar-refractivity contribution is 5.91. The number of nitrogens with one attached hydrogen (secondary N) is 1. The van der Waals surface area contributed by atoms with Crippen LogP contribution in [0.2, 0.25) is 0 Å². The van der Waals surface area contributed by atoms with Crippen molar-refractivity contribution >= 4 is 17.8 Å². The highest BCUT2D eigenvalue weighted by Gasteiger charge is 2.51. The first-order valence-corrected chi connectivity index (χ1v) is 12.5. The molecule has 1 N–H and O–H groups in total. The highest BCUT2D eigenvalue weighted by Crippen LogP contribution is 2.31. The van der Waals surface area contributed by atoms with Crippen LogP contribution < -0.4 is 10.1 Å². The maximum Gasteiger partial charge on any atom is 0.334 e. The molecule has 0 saturated carbocycles. The Morgan fingerprint density at radius 2 is 1.76 bits per heavy atom. The van der Waals surface area contributed by atoms with Gasteiger partial charge >= 0.3 is 6.03 Å². The van der Waals surface area contributed by atoms with E-state index in [9.17, 15) is 18.8 Å². The van der Waals surface area contributed by atoms with Crippen molar-refractivity contribution in [2.24, 2.45) is 5.92 Å². The molecule has 2 aliphatic rings. The average Bonchev–Trinajstić information content (AvgIpc) is 2.89. The molecule has 4 amide bonds. The summed E-state index contributed by atoms with van der Waals surface area (Å²) in [5.41, 5.74) is 1.67. The topological polar surface area (TPSA) is 85.4 Å². The smallest absolute Gasteiger partial charge is 0.334 e. The number of rotatable bonds is 7. The van der Waals surface area contributed by atoms with Crippen LogP contribution in [0.5, 0.6) is 5.75 Å². The van der Waals surface area contributed by atoms with Gasteiger partial charge in [0.05, 0.1) is 20.2 Å². The Morgan fingerprint density at radius 1 is 1.11 bits per heavy atom. The second-order valence-electron chi connectivity index (χ2n) is 9.62. The van der Waals surface area contributed by atoms with Crippen molar-refractivity contribution in [1.29, 1.82) is 0 Å². The molecule has 0 bridgehead atoms. The largest absolute Gasteiger partial charge is 0.497 e. The number of hydrogen-bond donors (Lipinski definition) is 1. The minimum atomic E-state index is -0.671. The van der Waals surface area contributed by atoms with E-state index in [1.807, 2.05) is 38.1 Å². The lowest BCUT2D eigenvalue weighted by atomic mass is 9.92. The van der Waals surface area contributed by atoms with Crippen LogP contribution in [0.3, 0.4) is 0 Å². The van der Waals surface area contributed by atoms with E-state index < -0.39 is 18.2 Å². The van der Waals surface area contributed by atoms with Crippen molar-refractivity contribution in [3.05, 3.63) is 65.5 Å². The number of hydrogen-bond acceptors (Lipinski definition) is 5. The van der Waals surface area contributed by atoms with Gasteiger partial charge in [-0.2, -0.15) is 0 Å². The summed E-state index contributed by atoms with van der Waals surface area (Å²) >= 11 is 0. The molecule has 2 aliphatic heterocycles. The predicted octanol–water partition coefficient (Wildman–Crippen LogP) is 2.82. The Morgan fingerprint density at radius 3 is 2.38 bits per heavy atom. The number of urea groups is 1. The third-order valence-corrected chi connectivity index (χ3v) is 7.15. The molecule has 2 heterocycles. The van der Waals surface area contributed by atoms with E-state index in [0.29, 0.717) is 13.0 Å². The molecule has 4 rings (SSSR count). The van der Waals surface area contributed by atoms with Gasteiger partial charge in [-0.25, -0.2) is 19.2 Å². The zero-order valence-electron chi connectivity index (χ0n) is 21.7. The number of ether oxygens (including phenoxy) is 1. The van der Waals surface area contributed by atoms with Crippen LogP contribution in [0.1, 0.15) is 31.4 Å². The number of carbonyl (C=O) groups excluding carboxylic acids is 3. The fourth-order valence-electron chi connectivity index (χ4n) is 4.95. The molecule has 9 nitrogen and oxygen atoms in total. The molecule has 3 atom stereocenters. The number of piperazine rings is 1. The van der Waals surface area contributed by atoms with Gasteiger partial charge in [-0.15, -0.1) is 0 Å². The molecule has 37 heavy (non-hydrogen) atoms. The van der Waals surface area contributed by atoms with Gasteiger partial charge in [-0.3, -0.25) is 9.59 Å². The molecule has 10 heteroatoms. The third kappa shape index (κ3) is 5.53. The number of halogens is 1. The monoisotopic (exact) mass is 511 g/mol. The molecular weight excluding hydrogens is 477 g/mol. The molecule has 0 aromatic heterocycles. The average molecular weight is 512 g/mol. The second-order valence-corrected chi connectivity index (χ2v) is 9.62.